The molecule has 1 N–H and O–H groups in total. The average molecular weight is 299 g/mol. The zero-order valence-electron chi connectivity index (χ0n) is 12.1. The van der Waals surface area contributed by atoms with Crippen molar-refractivity contribution < 1.29 is 4.74 Å². The first-order valence-electron chi connectivity index (χ1n) is 6.90. The zero-order valence-corrected chi connectivity index (χ0v) is 12.9. The molecule has 0 fully saturated rings. The molecular formula is C16H17N3OS. The van der Waals surface area contributed by atoms with Gasteiger partial charge in [0.15, 0.2) is 0 Å². The number of thiazole rings is 1. The highest BCUT2D eigenvalue weighted by molar-refractivity contribution is 7.11. The number of fused-ring (bicyclic) bond motifs is 1. The second kappa shape index (κ2) is 6.10. The lowest BCUT2D eigenvalue weighted by Crippen LogP contribution is -2.01. The number of nitrogens with zero attached hydrogens (tertiary/aromatic N) is 2. The van der Waals surface area contributed by atoms with Crippen molar-refractivity contribution in [2.45, 2.75) is 19.9 Å². The van der Waals surface area contributed by atoms with Crippen LogP contribution in [0.15, 0.2) is 36.7 Å². The van der Waals surface area contributed by atoms with Gasteiger partial charge in [-0.05, 0) is 30.0 Å². The Bertz CT molecular complexity index is 754. The number of pyridine rings is 1. The molecule has 0 aliphatic rings. The molecule has 0 unspecified atom stereocenters. The van der Waals surface area contributed by atoms with Crippen LogP contribution >= 0.6 is 11.3 Å². The summed E-state index contributed by atoms with van der Waals surface area (Å²) < 4.78 is 5.29. The number of aryl methyl sites for hydroxylation is 1. The van der Waals surface area contributed by atoms with Crippen molar-refractivity contribution >= 4 is 27.9 Å². The highest BCUT2D eigenvalue weighted by Gasteiger charge is 2.06. The largest absolute Gasteiger partial charge is 0.497 e. The van der Waals surface area contributed by atoms with E-state index < -0.39 is 0 Å². The standard InChI is InChI=1S/C16H17N3OS/c1-3-13-9-18-15(21-13)10-19-16-14-8-12(20-2)5-4-11(14)6-7-17-16/h4-9H,3,10H2,1-2H3,(H,17,19). The van der Waals surface area contributed by atoms with Gasteiger partial charge in [-0.3, -0.25) is 0 Å². The quantitative estimate of drug-likeness (QED) is 0.777. The number of benzene rings is 1. The third kappa shape index (κ3) is 2.97. The van der Waals surface area contributed by atoms with Crippen molar-refractivity contribution in [2.75, 3.05) is 12.4 Å². The maximum absolute atomic E-state index is 5.29. The van der Waals surface area contributed by atoms with Gasteiger partial charge in [0.25, 0.3) is 0 Å². The van der Waals surface area contributed by atoms with Crippen molar-refractivity contribution in [2.24, 2.45) is 0 Å². The summed E-state index contributed by atoms with van der Waals surface area (Å²) in [6, 6.07) is 8.00. The molecule has 2 aromatic heterocycles. The third-order valence-electron chi connectivity index (χ3n) is 3.33. The summed E-state index contributed by atoms with van der Waals surface area (Å²) in [5, 5.41) is 6.65. The highest BCUT2D eigenvalue weighted by atomic mass is 32.1. The summed E-state index contributed by atoms with van der Waals surface area (Å²) in [6.45, 7) is 2.83. The van der Waals surface area contributed by atoms with Crippen molar-refractivity contribution in [1.29, 1.82) is 0 Å². The van der Waals surface area contributed by atoms with Crippen LogP contribution < -0.4 is 10.1 Å². The summed E-state index contributed by atoms with van der Waals surface area (Å²) >= 11 is 1.74. The second-order valence-corrected chi connectivity index (χ2v) is 5.87. The van der Waals surface area contributed by atoms with Gasteiger partial charge >= 0.3 is 0 Å². The van der Waals surface area contributed by atoms with E-state index in [0.717, 1.165) is 33.8 Å². The number of rotatable bonds is 5. The molecule has 3 aromatic rings. The van der Waals surface area contributed by atoms with Gasteiger partial charge in [0.1, 0.15) is 16.6 Å². The number of methoxy groups -OCH3 is 1. The maximum atomic E-state index is 5.29. The molecule has 0 bridgehead atoms. The van der Waals surface area contributed by atoms with Gasteiger partial charge in [-0.2, -0.15) is 0 Å². The number of nitrogens with one attached hydrogen (secondary N) is 1. The van der Waals surface area contributed by atoms with Crippen LogP contribution in [0.5, 0.6) is 5.75 Å². The first-order chi connectivity index (χ1) is 10.3. The number of hydrogen-bond donors (Lipinski definition) is 1. The molecule has 0 amide bonds. The number of hydrogen-bond acceptors (Lipinski definition) is 5. The molecule has 21 heavy (non-hydrogen) atoms. The predicted molar refractivity (Wildman–Crippen MR) is 87.1 cm³/mol. The fourth-order valence-corrected chi connectivity index (χ4v) is 2.97. The van der Waals surface area contributed by atoms with E-state index in [0.29, 0.717) is 6.54 Å². The fraction of sp³-hybridized carbons (Fsp3) is 0.250. The van der Waals surface area contributed by atoms with Crippen LogP contribution in [0.3, 0.4) is 0 Å². The Balaban J connectivity index is 1.85. The van der Waals surface area contributed by atoms with E-state index in [1.807, 2.05) is 36.7 Å². The van der Waals surface area contributed by atoms with Crippen LogP contribution in [0.1, 0.15) is 16.8 Å². The summed E-state index contributed by atoms with van der Waals surface area (Å²) in [6.07, 6.45) is 4.79. The van der Waals surface area contributed by atoms with E-state index in [4.69, 9.17) is 4.74 Å². The topological polar surface area (TPSA) is 47.0 Å². The van der Waals surface area contributed by atoms with E-state index in [-0.39, 0.29) is 0 Å². The number of aromatic nitrogens is 2. The molecule has 0 atom stereocenters. The molecule has 0 radical (unpaired) electrons. The predicted octanol–water partition coefficient (Wildman–Crippen LogP) is 3.87. The van der Waals surface area contributed by atoms with Crippen LogP contribution in [0, 0.1) is 0 Å². The van der Waals surface area contributed by atoms with E-state index in [1.165, 1.54) is 4.88 Å². The van der Waals surface area contributed by atoms with Crippen molar-refractivity contribution in [3.63, 3.8) is 0 Å². The lowest BCUT2D eigenvalue weighted by Gasteiger charge is -2.08. The molecule has 0 spiro atoms. The fourth-order valence-electron chi connectivity index (χ4n) is 2.17. The van der Waals surface area contributed by atoms with Crippen molar-refractivity contribution in [3.05, 3.63) is 46.5 Å². The van der Waals surface area contributed by atoms with Gasteiger partial charge in [-0.1, -0.05) is 13.0 Å². The molecule has 1 aromatic carbocycles. The summed E-state index contributed by atoms with van der Waals surface area (Å²) in [7, 11) is 1.67. The summed E-state index contributed by atoms with van der Waals surface area (Å²) in [4.78, 5) is 10.2. The number of anilines is 1. The van der Waals surface area contributed by atoms with Crippen molar-refractivity contribution in [3.8, 4) is 5.75 Å². The summed E-state index contributed by atoms with van der Waals surface area (Å²) in [5.74, 6) is 1.70. The molecule has 0 aliphatic carbocycles. The van der Waals surface area contributed by atoms with Gasteiger partial charge < -0.3 is 10.1 Å². The van der Waals surface area contributed by atoms with Gasteiger partial charge in [-0.15, -0.1) is 11.3 Å². The minimum Gasteiger partial charge on any atom is -0.497 e. The van der Waals surface area contributed by atoms with Crippen LogP contribution in [-0.4, -0.2) is 17.1 Å². The van der Waals surface area contributed by atoms with Crippen LogP contribution in [0.25, 0.3) is 10.8 Å². The molecular weight excluding hydrogens is 282 g/mol. The van der Waals surface area contributed by atoms with Gasteiger partial charge in [0.05, 0.1) is 13.7 Å². The van der Waals surface area contributed by atoms with Crippen molar-refractivity contribution in [1.82, 2.24) is 9.97 Å². The minimum absolute atomic E-state index is 0.688. The zero-order chi connectivity index (χ0) is 14.7. The molecule has 5 heteroatoms. The molecule has 2 heterocycles. The normalized spacial score (nSPS) is 10.8. The molecule has 0 saturated heterocycles. The Morgan fingerprint density at radius 2 is 2.14 bits per heavy atom. The average Bonchev–Trinajstić information content (AvgIpc) is 3.00. The Morgan fingerprint density at radius 3 is 2.90 bits per heavy atom. The first kappa shape index (κ1) is 13.8. The lowest BCUT2D eigenvalue weighted by atomic mass is 10.1. The van der Waals surface area contributed by atoms with E-state index >= 15 is 0 Å². The first-order valence-corrected chi connectivity index (χ1v) is 7.72. The maximum Gasteiger partial charge on any atom is 0.134 e. The van der Waals surface area contributed by atoms with E-state index in [1.54, 1.807) is 18.4 Å². The van der Waals surface area contributed by atoms with Crippen LogP contribution in [-0.2, 0) is 13.0 Å². The SMILES string of the molecule is CCc1cnc(CNc2nccc3ccc(OC)cc23)s1. The van der Waals surface area contributed by atoms with Gasteiger partial charge in [0, 0.05) is 22.7 Å². The molecule has 3 rings (SSSR count). The Hall–Kier alpha value is -2.14. The van der Waals surface area contributed by atoms with Gasteiger partial charge in [0.2, 0.25) is 0 Å². The number of ether oxygens (including phenoxy) is 1. The van der Waals surface area contributed by atoms with Gasteiger partial charge in [-0.25, -0.2) is 9.97 Å². The third-order valence-corrected chi connectivity index (χ3v) is 4.47. The summed E-state index contributed by atoms with van der Waals surface area (Å²) in [5.41, 5.74) is 0. The Morgan fingerprint density at radius 1 is 1.24 bits per heavy atom. The molecule has 0 saturated carbocycles. The smallest absolute Gasteiger partial charge is 0.134 e. The highest BCUT2D eigenvalue weighted by Crippen LogP contribution is 2.26. The second-order valence-electron chi connectivity index (χ2n) is 4.67. The van der Waals surface area contributed by atoms with E-state index in [9.17, 15) is 0 Å². The van der Waals surface area contributed by atoms with Crippen LogP contribution in [0.2, 0.25) is 0 Å². The minimum atomic E-state index is 0.688. The van der Waals surface area contributed by atoms with Crippen LogP contribution in [0.4, 0.5) is 5.82 Å². The molecule has 0 aliphatic heterocycles. The lowest BCUT2D eigenvalue weighted by molar-refractivity contribution is 0.415. The van der Waals surface area contributed by atoms with E-state index in [2.05, 4.69) is 22.2 Å². The molecule has 108 valence electrons. The molecule has 4 nitrogen and oxygen atoms in total. The Labute approximate surface area is 127 Å². The monoisotopic (exact) mass is 299 g/mol. The Kier molecular flexibility index (Phi) is 4.01.